The van der Waals surface area contributed by atoms with Gasteiger partial charge in [-0.2, -0.15) is 0 Å². The highest BCUT2D eigenvalue weighted by Crippen LogP contribution is 2.41. The summed E-state index contributed by atoms with van der Waals surface area (Å²) in [7, 11) is 0. The highest BCUT2D eigenvalue weighted by atomic mass is 15.0. The summed E-state index contributed by atoms with van der Waals surface area (Å²) in [5.74, 6) is 0.872. The summed E-state index contributed by atoms with van der Waals surface area (Å²) in [4.78, 5) is 0. The van der Waals surface area contributed by atoms with E-state index in [-0.39, 0.29) is 0 Å². The lowest BCUT2D eigenvalue weighted by atomic mass is 9.93. The molecule has 1 heterocycles. The minimum Gasteiger partial charge on any atom is -0.385 e. The fourth-order valence-corrected chi connectivity index (χ4v) is 2.91. The lowest BCUT2D eigenvalue weighted by Crippen LogP contribution is -2.23. The molecule has 1 fully saturated rings. The maximum absolute atomic E-state index is 3.68. The average Bonchev–Trinajstić information content (AvgIpc) is 2.62. The minimum absolute atomic E-state index is 0.803. The zero-order valence-electron chi connectivity index (χ0n) is 7.34. The first-order valence-corrected chi connectivity index (χ1v) is 5.11. The highest BCUT2D eigenvalue weighted by molar-refractivity contribution is 5.37. The molecule has 12 heavy (non-hydrogen) atoms. The molecule has 0 aromatic rings. The van der Waals surface area contributed by atoms with E-state index in [9.17, 15) is 0 Å². The molecule has 0 bridgehead atoms. The van der Waals surface area contributed by atoms with Gasteiger partial charge in [-0.15, -0.1) is 0 Å². The van der Waals surface area contributed by atoms with Crippen molar-refractivity contribution in [3.8, 4) is 0 Å². The molecule has 0 spiro atoms. The van der Waals surface area contributed by atoms with E-state index in [1.54, 1.807) is 11.3 Å². The van der Waals surface area contributed by atoms with Crippen LogP contribution in [-0.2, 0) is 0 Å². The van der Waals surface area contributed by atoms with Crippen LogP contribution in [-0.4, -0.2) is 6.04 Å². The Labute approximate surface area is 73.5 Å². The molecule has 64 valence electrons. The van der Waals surface area contributed by atoms with Gasteiger partial charge < -0.3 is 5.32 Å². The maximum atomic E-state index is 3.68. The molecule has 0 amide bonds. The Hall–Kier alpha value is -0.720. The monoisotopic (exact) mass is 161 g/mol. The second kappa shape index (κ2) is 2.38. The molecule has 3 aliphatic rings. The predicted octanol–water partition coefficient (Wildman–Crippen LogP) is 2.36. The lowest BCUT2D eigenvalue weighted by molar-refractivity contribution is 0.537. The molecule has 2 unspecified atom stereocenters. The smallest absolute Gasteiger partial charge is 0.0327 e. The second-order valence-electron chi connectivity index (χ2n) is 4.16. The molecule has 0 aromatic heterocycles. The Morgan fingerprint density at radius 2 is 2.33 bits per heavy atom. The minimum atomic E-state index is 0.803. The zero-order valence-corrected chi connectivity index (χ0v) is 7.34. The van der Waals surface area contributed by atoms with Crippen molar-refractivity contribution in [2.24, 2.45) is 5.92 Å². The van der Waals surface area contributed by atoms with Crippen molar-refractivity contribution in [2.75, 3.05) is 0 Å². The molecule has 2 aliphatic carbocycles. The van der Waals surface area contributed by atoms with Gasteiger partial charge >= 0.3 is 0 Å². The van der Waals surface area contributed by atoms with Gasteiger partial charge in [0.25, 0.3) is 0 Å². The van der Waals surface area contributed by atoms with Crippen LogP contribution in [0.5, 0.6) is 0 Å². The highest BCUT2D eigenvalue weighted by Gasteiger charge is 2.36. The SMILES string of the molecule is C1=CC2=C(CC1)NC1CCCC21. The summed E-state index contributed by atoms with van der Waals surface area (Å²) >= 11 is 0. The largest absolute Gasteiger partial charge is 0.385 e. The van der Waals surface area contributed by atoms with Crippen LogP contribution >= 0.6 is 0 Å². The molecule has 1 N–H and O–H groups in total. The van der Waals surface area contributed by atoms with Crippen molar-refractivity contribution < 1.29 is 0 Å². The zero-order chi connectivity index (χ0) is 7.97. The summed E-state index contributed by atoms with van der Waals surface area (Å²) in [6.45, 7) is 0. The van der Waals surface area contributed by atoms with Crippen molar-refractivity contribution in [3.05, 3.63) is 23.4 Å². The third kappa shape index (κ3) is 0.796. The quantitative estimate of drug-likeness (QED) is 0.575. The van der Waals surface area contributed by atoms with Crippen molar-refractivity contribution in [2.45, 2.75) is 38.1 Å². The van der Waals surface area contributed by atoms with Gasteiger partial charge in [0.15, 0.2) is 0 Å². The van der Waals surface area contributed by atoms with Crippen LogP contribution in [0.2, 0.25) is 0 Å². The third-order valence-corrected chi connectivity index (χ3v) is 3.48. The first-order chi connectivity index (χ1) is 5.95. The first-order valence-electron chi connectivity index (χ1n) is 5.11. The summed E-state index contributed by atoms with van der Waals surface area (Å²) in [6.07, 6.45) is 11.4. The average molecular weight is 161 g/mol. The fraction of sp³-hybridized carbons (Fsp3) is 0.636. The number of nitrogens with one attached hydrogen (secondary N) is 1. The van der Waals surface area contributed by atoms with Crippen LogP contribution in [0, 0.1) is 5.92 Å². The number of fused-ring (bicyclic) bond motifs is 2. The molecule has 0 aromatic carbocycles. The van der Waals surface area contributed by atoms with Crippen LogP contribution in [0.3, 0.4) is 0 Å². The van der Waals surface area contributed by atoms with Crippen LogP contribution in [0.1, 0.15) is 32.1 Å². The van der Waals surface area contributed by atoms with E-state index in [1.807, 2.05) is 0 Å². The van der Waals surface area contributed by atoms with Gasteiger partial charge in [0.05, 0.1) is 0 Å². The molecule has 2 atom stereocenters. The van der Waals surface area contributed by atoms with Crippen LogP contribution in [0.25, 0.3) is 0 Å². The van der Waals surface area contributed by atoms with Crippen LogP contribution in [0.15, 0.2) is 23.4 Å². The van der Waals surface area contributed by atoms with Gasteiger partial charge in [-0.25, -0.2) is 0 Å². The first kappa shape index (κ1) is 6.76. The maximum Gasteiger partial charge on any atom is 0.0327 e. The van der Waals surface area contributed by atoms with Crippen molar-refractivity contribution in [1.82, 2.24) is 5.32 Å². The Morgan fingerprint density at radius 1 is 1.33 bits per heavy atom. The standard InChI is InChI=1S/C11H15N/c1-2-6-10-8(4-1)9-5-3-7-11(9)12-10/h1,4,9,11-12H,2-3,5-7H2. The number of allylic oxidation sites excluding steroid dienone is 3. The van der Waals surface area contributed by atoms with E-state index in [2.05, 4.69) is 17.5 Å². The predicted molar refractivity (Wildman–Crippen MR) is 49.7 cm³/mol. The fourth-order valence-electron chi connectivity index (χ4n) is 2.91. The van der Waals surface area contributed by atoms with Gasteiger partial charge in [0.1, 0.15) is 0 Å². The van der Waals surface area contributed by atoms with E-state index < -0.39 is 0 Å². The summed E-state index contributed by atoms with van der Waals surface area (Å²) in [5.41, 5.74) is 3.20. The van der Waals surface area contributed by atoms with E-state index in [1.165, 1.54) is 32.1 Å². The second-order valence-corrected chi connectivity index (χ2v) is 4.16. The number of hydrogen-bond acceptors (Lipinski definition) is 1. The van der Waals surface area contributed by atoms with E-state index >= 15 is 0 Å². The summed E-state index contributed by atoms with van der Waals surface area (Å²) in [6, 6.07) is 0.803. The molecule has 0 radical (unpaired) electrons. The molecule has 1 heteroatoms. The lowest BCUT2D eigenvalue weighted by Gasteiger charge is -2.10. The van der Waals surface area contributed by atoms with Gasteiger partial charge in [-0.05, 0) is 31.3 Å². The number of hydrogen-bond donors (Lipinski definition) is 1. The van der Waals surface area contributed by atoms with Crippen molar-refractivity contribution in [1.29, 1.82) is 0 Å². The van der Waals surface area contributed by atoms with Gasteiger partial charge in [0.2, 0.25) is 0 Å². The van der Waals surface area contributed by atoms with Gasteiger partial charge in [0, 0.05) is 17.7 Å². The van der Waals surface area contributed by atoms with Crippen LogP contribution < -0.4 is 5.32 Å². The van der Waals surface area contributed by atoms with Crippen molar-refractivity contribution in [3.63, 3.8) is 0 Å². The molecule has 1 aliphatic heterocycles. The normalized spacial score (nSPS) is 38.0. The summed E-state index contributed by atoms with van der Waals surface area (Å²) < 4.78 is 0. The Morgan fingerprint density at radius 3 is 3.33 bits per heavy atom. The van der Waals surface area contributed by atoms with Gasteiger partial charge in [-0.1, -0.05) is 18.6 Å². The van der Waals surface area contributed by atoms with Crippen LogP contribution in [0.4, 0.5) is 0 Å². The van der Waals surface area contributed by atoms with E-state index in [0.717, 1.165) is 12.0 Å². The topological polar surface area (TPSA) is 12.0 Å². The molecule has 1 nitrogen and oxygen atoms in total. The summed E-state index contributed by atoms with van der Waals surface area (Å²) in [5, 5.41) is 3.68. The molecule has 3 rings (SSSR count). The molecule has 0 saturated heterocycles. The number of rotatable bonds is 0. The molecule has 1 saturated carbocycles. The Kier molecular flexibility index (Phi) is 1.34. The van der Waals surface area contributed by atoms with Gasteiger partial charge in [-0.3, -0.25) is 0 Å². The molecular weight excluding hydrogens is 146 g/mol. The van der Waals surface area contributed by atoms with E-state index in [0.29, 0.717) is 0 Å². The third-order valence-electron chi connectivity index (χ3n) is 3.48. The Bertz CT molecular complexity index is 262. The Balaban J connectivity index is 1.96. The van der Waals surface area contributed by atoms with Crippen molar-refractivity contribution >= 4 is 0 Å². The molecular formula is C11H15N. The van der Waals surface area contributed by atoms with E-state index in [4.69, 9.17) is 0 Å².